The van der Waals surface area contributed by atoms with Crippen LogP contribution in [0.1, 0.15) is 59.4 Å². The minimum absolute atomic E-state index is 0.0368. The number of ether oxygens (including phenoxy) is 6. The summed E-state index contributed by atoms with van der Waals surface area (Å²) >= 11 is 0. The Bertz CT molecular complexity index is 904. The first-order valence-corrected chi connectivity index (χ1v) is 11.7. The number of carbonyl (C=O) groups excluding carboxylic acids is 3. The molecule has 0 heterocycles. The van der Waals surface area contributed by atoms with Gasteiger partial charge in [0.15, 0.2) is 11.5 Å². The van der Waals surface area contributed by atoms with Crippen molar-refractivity contribution in [1.29, 1.82) is 0 Å². The van der Waals surface area contributed by atoms with E-state index in [1.807, 2.05) is 6.92 Å². The Balaban J connectivity index is 3.07. The lowest BCUT2D eigenvalue weighted by atomic mass is 9.86. The second-order valence-corrected chi connectivity index (χ2v) is 8.09. The molecule has 0 aliphatic rings. The van der Waals surface area contributed by atoms with Gasteiger partial charge in [0.25, 0.3) is 0 Å². The first kappa shape index (κ1) is 30.5. The normalized spacial score (nSPS) is 13.9. The number of aliphatic carboxylic acids is 1. The second kappa shape index (κ2) is 14.8. The number of carboxylic acids is 1. The molecule has 0 aliphatic carbocycles. The molecule has 0 aliphatic heterocycles. The monoisotopic (exact) mass is 513 g/mol. The van der Waals surface area contributed by atoms with Gasteiger partial charge in [0.05, 0.1) is 13.2 Å². The van der Waals surface area contributed by atoms with E-state index in [0.29, 0.717) is 12.0 Å². The van der Waals surface area contributed by atoms with Gasteiger partial charge >= 0.3 is 24.4 Å². The van der Waals surface area contributed by atoms with Crippen LogP contribution in [0.5, 0.6) is 11.5 Å². The maximum atomic E-state index is 12.1. The number of carboxylic acid groups (broad SMARTS) is 1. The fourth-order valence-electron chi connectivity index (χ4n) is 3.28. The molecule has 0 amide bonds. The minimum Gasteiger partial charge on any atom is -0.480 e. The lowest BCUT2D eigenvalue weighted by Gasteiger charge is -2.28. The van der Waals surface area contributed by atoms with Crippen LogP contribution < -0.4 is 15.2 Å². The van der Waals surface area contributed by atoms with Gasteiger partial charge in [0.2, 0.25) is 0 Å². The molecule has 0 aromatic heterocycles. The summed E-state index contributed by atoms with van der Waals surface area (Å²) in [5.74, 6) is -1.70. The van der Waals surface area contributed by atoms with E-state index < -0.39 is 36.1 Å². The van der Waals surface area contributed by atoms with E-state index in [0.717, 1.165) is 6.42 Å². The van der Waals surface area contributed by atoms with Crippen LogP contribution in [0.2, 0.25) is 0 Å². The molecule has 3 N–H and O–H groups in total. The van der Waals surface area contributed by atoms with Crippen LogP contribution in [0.3, 0.4) is 0 Å². The van der Waals surface area contributed by atoms with Crippen LogP contribution in [0.4, 0.5) is 14.4 Å². The second-order valence-electron chi connectivity index (χ2n) is 8.09. The van der Waals surface area contributed by atoms with Crippen molar-refractivity contribution in [2.75, 3.05) is 13.2 Å². The van der Waals surface area contributed by atoms with Gasteiger partial charge in [0, 0.05) is 12.8 Å². The minimum atomic E-state index is -1.86. The van der Waals surface area contributed by atoms with Gasteiger partial charge in [-0.05, 0) is 51.8 Å². The maximum Gasteiger partial charge on any atom is 0.513 e. The maximum absolute atomic E-state index is 12.1. The van der Waals surface area contributed by atoms with Gasteiger partial charge in [0.1, 0.15) is 17.7 Å². The molecule has 0 fully saturated rings. The molecule has 1 aromatic carbocycles. The van der Waals surface area contributed by atoms with Crippen LogP contribution in [-0.2, 0) is 30.2 Å². The summed E-state index contributed by atoms with van der Waals surface area (Å²) in [6.45, 7) is 8.44. The molecule has 2 unspecified atom stereocenters. The van der Waals surface area contributed by atoms with Gasteiger partial charge < -0.3 is 39.3 Å². The van der Waals surface area contributed by atoms with Gasteiger partial charge in [-0.25, -0.2) is 14.4 Å². The number of benzene rings is 1. The van der Waals surface area contributed by atoms with E-state index in [1.165, 1.54) is 25.1 Å². The van der Waals surface area contributed by atoms with Crippen molar-refractivity contribution in [2.45, 2.75) is 78.0 Å². The third kappa shape index (κ3) is 10.4. The molecular weight excluding hydrogens is 478 g/mol. The van der Waals surface area contributed by atoms with Gasteiger partial charge in [-0.1, -0.05) is 19.4 Å². The van der Waals surface area contributed by atoms with Crippen molar-refractivity contribution in [3.8, 4) is 11.5 Å². The Morgan fingerprint density at radius 1 is 0.889 bits per heavy atom. The lowest BCUT2D eigenvalue weighted by molar-refractivity contribution is -0.144. The smallest absolute Gasteiger partial charge is 0.480 e. The predicted molar refractivity (Wildman–Crippen MR) is 126 cm³/mol. The molecule has 1 rings (SSSR count). The number of hydrogen-bond acceptors (Lipinski definition) is 11. The van der Waals surface area contributed by atoms with Gasteiger partial charge in [-0.2, -0.15) is 0 Å². The molecule has 1 aromatic rings. The zero-order valence-corrected chi connectivity index (χ0v) is 21.2. The van der Waals surface area contributed by atoms with Crippen molar-refractivity contribution in [3.63, 3.8) is 0 Å². The van der Waals surface area contributed by atoms with E-state index in [2.05, 4.69) is 0 Å². The quantitative estimate of drug-likeness (QED) is 0.219. The summed E-state index contributed by atoms with van der Waals surface area (Å²) in [7, 11) is 0. The van der Waals surface area contributed by atoms with E-state index in [9.17, 15) is 24.3 Å². The summed E-state index contributed by atoms with van der Waals surface area (Å²) < 4.78 is 29.9. The lowest BCUT2D eigenvalue weighted by Crippen LogP contribution is -2.52. The molecule has 0 saturated carbocycles. The molecule has 0 spiro atoms. The number of rotatable bonds is 13. The van der Waals surface area contributed by atoms with E-state index in [4.69, 9.17) is 34.2 Å². The van der Waals surface area contributed by atoms with E-state index >= 15 is 0 Å². The molecule has 0 radical (unpaired) electrons. The zero-order chi connectivity index (χ0) is 27.3. The van der Waals surface area contributed by atoms with E-state index in [-0.39, 0.29) is 43.7 Å². The molecule has 0 saturated heterocycles. The van der Waals surface area contributed by atoms with Crippen LogP contribution in [0.15, 0.2) is 18.2 Å². The molecule has 36 heavy (non-hydrogen) atoms. The van der Waals surface area contributed by atoms with Crippen molar-refractivity contribution >= 4 is 24.4 Å². The molecule has 202 valence electrons. The predicted octanol–water partition coefficient (Wildman–Crippen LogP) is 4.20. The van der Waals surface area contributed by atoms with Crippen LogP contribution in [0.25, 0.3) is 0 Å². The van der Waals surface area contributed by atoms with Crippen LogP contribution >= 0.6 is 0 Å². The highest BCUT2D eigenvalue weighted by Gasteiger charge is 2.37. The Morgan fingerprint density at radius 2 is 1.44 bits per heavy atom. The topological polar surface area (TPSA) is 170 Å². The third-order valence-corrected chi connectivity index (χ3v) is 4.81. The first-order valence-electron chi connectivity index (χ1n) is 11.7. The van der Waals surface area contributed by atoms with Gasteiger partial charge in [-0.3, -0.25) is 4.79 Å². The van der Waals surface area contributed by atoms with Gasteiger partial charge in [-0.15, -0.1) is 0 Å². The van der Waals surface area contributed by atoms with E-state index in [1.54, 1.807) is 20.8 Å². The van der Waals surface area contributed by atoms with Crippen molar-refractivity contribution < 1.29 is 52.7 Å². The first-order chi connectivity index (χ1) is 16.9. The number of carbonyl (C=O) groups is 4. The molecule has 3 atom stereocenters. The molecule has 12 nitrogen and oxygen atoms in total. The fourth-order valence-corrected chi connectivity index (χ4v) is 3.28. The summed E-state index contributed by atoms with van der Waals surface area (Å²) in [5.41, 5.74) is 4.66. The van der Waals surface area contributed by atoms with Crippen molar-refractivity contribution in [2.24, 2.45) is 5.73 Å². The summed E-state index contributed by atoms with van der Waals surface area (Å²) in [6.07, 6.45) is -3.22. The van der Waals surface area contributed by atoms with Crippen LogP contribution in [0, 0.1) is 0 Å². The SMILES string of the molecule is CCCC(C)OC(=O)O[C@@H](C)CC(N)(Cc1ccc(OC(=O)OCC)c(OC(=O)OCC)c1)C(=O)O. The van der Waals surface area contributed by atoms with Crippen LogP contribution in [-0.4, -0.2) is 60.5 Å². The molecule has 0 bridgehead atoms. The highest BCUT2D eigenvalue weighted by atomic mass is 16.7. The number of hydrogen-bond donors (Lipinski definition) is 2. The standard InChI is InChI=1S/C24H35NO11/c1-6-9-15(4)33-23(30)34-16(5)13-24(25,20(26)27)14-17-10-11-18(35-21(28)31-7-2)19(12-17)36-22(29)32-8-3/h10-12,15-16H,6-9,13-14,25H2,1-5H3,(H,26,27)/t15?,16-,24?/m0/s1. The summed E-state index contributed by atoms with van der Waals surface area (Å²) in [6, 6.07) is 4.04. The Kier molecular flexibility index (Phi) is 12.5. The third-order valence-electron chi connectivity index (χ3n) is 4.81. The molecule has 12 heteroatoms. The Hall–Kier alpha value is -3.54. The highest BCUT2D eigenvalue weighted by Crippen LogP contribution is 2.31. The molecular formula is C24H35NO11. The van der Waals surface area contributed by atoms with Crippen molar-refractivity contribution in [1.82, 2.24) is 0 Å². The Labute approximate surface area is 209 Å². The van der Waals surface area contributed by atoms with Crippen molar-refractivity contribution in [3.05, 3.63) is 23.8 Å². The summed E-state index contributed by atoms with van der Waals surface area (Å²) in [4.78, 5) is 47.6. The average Bonchev–Trinajstić information content (AvgIpc) is 2.75. The average molecular weight is 514 g/mol. The fraction of sp³-hybridized carbons (Fsp3) is 0.583. The number of nitrogens with two attached hydrogens (primary N) is 1. The highest BCUT2D eigenvalue weighted by molar-refractivity contribution is 5.79. The largest absolute Gasteiger partial charge is 0.513 e. The zero-order valence-electron chi connectivity index (χ0n) is 21.2. The Morgan fingerprint density at radius 3 is 1.97 bits per heavy atom. The summed E-state index contributed by atoms with van der Waals surface area (Å²) in [5, 5.41) is 9.82.